The highest BCUT2D eigenvalue weighted by molar-refractivity contribution is 7.11. The Hall–Kier alpha value is -0.380. The molecular weight excluding hydrogens is 252 g/mol. The van der Waals surface area contributed by atoms with Gasteiger partial charge in [-0.2, -0.15) is 0 Å². The SMILES string of the molecule is CCC1(CC)CCN(Cc2ccc(CNC)s2)CC1. The van der Waals surface area contributed by atoms with Gasteiger partial charge in [0.25, 0.3) is 0 Å². The van der Waals surface area contributed by atoms with Gasteiger partial charge in [0.1, 0.15) is 0 Å². The predicted molar refractivity (Wildman–Crippen MR) is 84.6 cm³/mol. The zero-order valence-corrected chi connectivity index (χ0v) is 13.5. The second-order valence-electron chi connectivity index (χ2n) is 5.88. The highest BCUT2D eigenvalue weighted by atomic mass is 32.1. The van der Waals surface area contributed by atoms with Gasteiger partial charge in [0.15, 0.2) is 0 Å². The summed E-state index contributed by atoms with van der Waals surface area (Å²) < 4.78 is 0. The molecule has 0 unspecified atom stereocenters. The van der Waals surface area contributed by atoms with Crippen LogP contribution in [0.5, 0.6) is 0 Å². The molecule has 2 rings (SSSR count). The van der Waals surface area contributed by atoms with Crippen LogP contribution in [0.25, 0.3) is 0 Å². The molecule has 0 aliphatic carbocycles. The maximum Gasteiger partial charge on any atom is 0.0328 e. The standard InChI is InChI=1S/C16H28N2S/c1-4-16(5-2)8-10-18(11-9-16)13-15-7-6-14(19-15)12-17-3/h6-7,17H,4-5,8-13H2,1-3H3. The van der Waals surface area contributed by atoms with E-state index < -0.39 is 0 Å². The molecule has 0 atom stereocenters. The lowest BCUT2D eigenvalue weighted by Crippen LogP contribution is -2.38. The fourth-order valence-corrected chi connectivity index (χ4v) is 4.21. The molecule has 2 nitrogen and oxygen atoms in total. The maximum atomic E-state index is 3.22. The van der Waals surface area contributed by atoms with Crippen molar-refractivity contribution >= 4 is 11.3 Å². The topological polar surface area (TPSA) is 15.3 Å². The van der Waals surface area contributed by atoms with Gasteiger partial charge in [-0.05, 0) is 50.5 Å². The second-order valence-corrected chi connectivity index (χ2v) is 7.13. The summed E-state index contributed by atoms with van der Waals surface area (Å²) in [4.78, 5) is 5.61. The Bertz CT molecular complexity index is 372. The number of hydrogen-bond donors (Lipinski definition) is 1. The van der Waals surface area contributed by atoms with Gasteiger partial charge in [0, 0.05) is 22.8 Å². The summed E-state index contributed by atoms with van der Waals surface area (Å²) in [6.45, 7) is 9.43. The number of thiophene rings is 1. The van der Waals surface area contributed by atoms with Crippen LogP contribution in [-0.2, 0) is 13.1 Å². The molecule has 1 saturated heterocycles. The summed E-state index contributed by atoms with van der Waals surface area (Å²) in [6, 6.07) is 4.57. The molecule has 0 saturated carbocycles. The van der Waals surface area contributed by atoms with E-state index in [1.165, 1.54) is 48.5 Å². The summed E-state index contributed by atoms with van der Waals surface area (Å²) in [5.74, 6) is 0. The van der Waals surface area contributed by atoms with Crippen LogP contribution < -0.4 is 5.32 Å². The lowest BCUT2D eigenvalue weighted by Gasteiger charge is -2.40. The van der Waals surface area contributed by atoms with Gasteiger partial charge in [-0.15, -0.1) is 11.3 Å². The molecular formula is C16H28N2S. The number of likely N-dealkylation sites (tertiary alicyclic amines) is 1. The first-order valence-corrected chi connectivity index (χ1v) is 8.47. The van der Waals surface area contributed by atoms with E-state index in [2.05, 4.69) is 36.2 Å². The number of hydrogen-bond acceptors (Lipinski definition) is 3. The largest absolute Gasteiger partial charge is 0.315 e. The van der Waals surface area contributed by atoms with Crippen molar-refractivity contribution in [2.75, 3.05) is 20.1 Å². The molecule has 1 aromatic rings. The zero-order valence-electron chi connectivity index (χ0n) is 12.7. The Balaban J connectivity index is 1.84. The van der Waals surface area contributed by atoms with Gasteiger partial charge in [-0.1, -0.05) is 26.7 Å². The summed E-state index contributed by atoms with van der Waals surface area (Å²) in [5, 5.41) is 3.22. The van der Waals surface area contributed by atoms with Crippen LogP contribution in [0.1, 0.15) is 49.3 Å². The van der Waals surface area contributed by atoms with Crippen LogP contribution in [0.15, 0.2) is 12.1 Å². The van der Waals surface area contributed by atoms with Crippen LogP contribution in [0.4, 0.5) is 0 Å². The van der Waals surface area contributed by atoms with Gasteiger partial charge in [0.05, 0.1) is 0 Å². The normalized spacial score (nSPS) is 19.7. The molecule has 1 aliphatic rings. The van der Waals surface area contributed by atoms with Crippen molar-refractivity contribution in [2.24, 2.45) is 5.41 Å². The van der Waals surface area contributed by atoms with Crippen molar-refractivity contribution in [1.29, 1.82) is 0 Å². The summed E-state index contributed by atoms with van der Waals surface area (Å²) in [7, 11) is 2.01. The van der Waals surface area contributed by atoms with Crippen molar-refractivity contribution < 1.29 is 0 Å². The van der Waals surface area contributed by atoms with Crippen LogP contribution in [0.3, 0.4) is 0 Å². The molecule has 1 aromatic heterocycles. The zero-order chi connectivity index (χ0) is 13.7. The molecule has 1 N–H and O–H groups in total. The Morgan fingerprint density at radius 3 is 2.37 bits per heavy atom. The molecule has 0 bridgehead atoms. The molecule has 1 fully saturated rings. The first-order chi connectivity index (χ1) is 9.21. The van der Waals surface area contributed by atoms with E-state index in [4.69, 9.17) is 0 Å². The summed E-state index contributed by atoms with van der Waals surface area (Å²) in [6.07, 6.45) is 5.47. The van der Waals surface area contributed by atoms with Crippen molar-refractivity contribution in [3.05, 3.63) is 21.9 Å². The highest BCUT2D eigenvalue weighted by Crippen LogP contribution is 2.38. The predicted octanol–water partition coefficient (Wildman–Crippen LogP) is 3.87. The molecule has 19 heavy (non-hydrogen) atoms. The minimum Gasteiger partial charge on any atom is -0.315 e. The van der Waals surface area contributed by atoms with Crippen LogP contribution >= 0.6 is 11.3 Å². The Kier molecular flexibility index (Phi) is 5.43. The first kappa shape index (κ1) is 15.0. The summed E-state index contributed by atoms with van der Waals surface area (Å²) in [5.41, 5.74) is 0.642. The first-order valence-electron chi connectivity index (χ1n) is 7.66. The Morgan fingerprint density at radius 2 is 1.79 bits per heavy atom. The van der Waals surface area contributed by atoms with Crippen molar-refractivity contribution in [3.8, 4) is 0 Å². The molecule has 0 aromatic carbocycles. The fourth-order valence-electron chi connectivity index (χ4n) is 3.14. The molecule has 0 spiro atoms. The third-order valence-corrected chi connectivity index (χ3v) is 5.93. The lowest BCUT2D eigenvalue weighted by atomic mass is 9.74. The highest BCUT2D eigenvalue weighted by Gasteiger charge is 2.31. The number of nitrogens with one attached hydrogen (secondary N) is 1. The smallest absolute Gasteiger partial charge is 0.0328 e. The monoisotopic (exact) mass is 280 g/mol. The molecule has 0 radical (unpaired) electrons. The van der Waals surface area contributed by atoms with Gasteiger partial charge in [0.2, 0.25) is 0 Å². The van der Waals surface area contributed by atoms with E-state index in [0.717, 1.165) is 13.1 Å². The molecule has 0 amide bonds. The van der Waals surface area contributed by atoms with Gasteiger partial charge in [-0.25, -0.2) is 0 Å². The maximum absolute atomic E-state index is 3.22. The van der Waals surface area contributed by atoms with Crippen LogP contribution in [-0.4, -0.2) is 25.0 Å². The van der Waals surface area contributed by atoms with E-state index >= 15 is 0 Å². The van der Waals surface area contributed by atoms with Crippen LogP contribution in [0, 0.1) is 5.41 Å². The van der Waals surface area contributed by atoms with E-state index in [1.54, 1.807) is 0 Å². The van der Waals surface area contributed by atoms with E-state index in [1.807, 2.05) is 18.4 Å². The number of nitrogens with zero attached hydrogens (tertiary/aromatic N) is 1. The molecule has 1 aliphatic heterocycles. The van der Waals surface area contributed by atoms with Gasteiger partial charge in [-0.3, -0.25) is 4.90 Å². The second kappa shape index (κ2) is 6.87. The van der Waals surface area contributed by atoms with E-state index in [0.29, 0.717) is 5.41 Å². The molecule has 3 heteroatoms. The number of piperidine rings is 1. The summed E-state index contributed by atoms with van der Waals surface area (Å²) >= 11 is 1.96. The van der Waals surface area contributed by atoms with Crippen LogP contribution in [0.2, 0.25) is 0 Å². The third-order valence-electron chi connectivity index (χ3n) is 4.86. The lowest BCUT2D eigenvalue weighted by molar-refractivity contribution is 0.0915. The number of rotatable bonds is 6. The average Bonchev–Trinajstić information content (AvgIpc) is 2.88. The Labute approximate surface area is 122 Å². The minimum absolute atomic E-state index is 0.642. The Morgan fingerprint density at radius 1 is 1.16 bits per heavy atom. The molecule has 2 heterocycles. The van der Waals surface area contributed by atoms with Gasteiger partial charge >= 0.3 is 0 Å². The van der Waals surface area contributed by atoms with E-state index in [-0.39, 0.29) is 0 Å². The van der Waals surface area contributed by atoms with Crippen molar-refractivity contribution in [2.45, 2.75) is 52.6 Å². The van der Waals surface area contributed by atoms with E-state index in [9.17, 15) is 0 Å². The fraction of sp³-hybridized carbons (Fsp3) is 0.750. The average molecular weight is 280 g/mol. The third kappa shape index (κ3) is 3.80. The minimum atomic E-state index is 0.642. The van der Waals surface area contributed by atoms with Gasteiger partial charge < -0.3 is 5.32 Å². The quantitative estimate of drug-likeness (QED) is 0.851. The van der Waals surface area contributed by atoms with Crippen molar-refractivity contribution in [3.63, 3.8) is 0 Å². The molecule has 108 valence electrons. The van der Waals surface area contributed by atoms with Crippen molar-refractivity contribution in [1.82, 2.24) is 10.2 Å².